The van der Waals surface area contributed by atoms with Gasteiger partial charge in [0, 0.05) is 38.3 Å². The molecule has 0 spiro atoms. The first-order valence-corrected chi connectivity index (χ1v) is 6.62. The van der Waals surface area contributed by atoms with Crippen LogP contribution < -0.4 is 5.73 Å². The van der Waals surface area contributed by atoms with E-state index >= 15 is 0 Å². The van der Waals surface area contributed by atoms with Gasteiger partial charge in [-0.05, 0) is 31.7 Å². The topological polar surface area (TPSA) is 32.5 Å². The van der Waals surface area contributed by atoms with Gasteiger partial charge in [0.25, 0.3) is 0 Å². The molecule has 1 aromatic rings. The van der Waals surface area contributed by atoms with E-state index in [1.54, 1.807) is 6.07 Å². The van der Waals surface area contributed by atoms with E-state index in [-0.39, 0.29) is 12.1 Å². The van der Waals surface area contributed by atoms with Crippen molar-refractivity contribution in [3.05, 3.63) is 35.4 Å². The molecule has 0 saturated carbocycles. The molecule has 1 aromatic carbocycles. The normalized spacial score (nSPS) is 21.3. The largest absolute Gasteiger partial charge is 0.326 e. The maximum atomic E-state index is 13.4. The van der Waals surface area contributed by atoms with Gasteiger partial charge in [0.15, 0.2) is 11.6 Å². The summed E-state index contributed by atoms with van der Waals surface area (Å²) in [6.45, 7) is 5.62. The molecule has 2 rings (SSSR count). The molecule has 1 fully saturated rings. The Labute approximate surface area is 113 Å². The Morgan fingerprint density at radius 1 is 1.11 bits per heavy atom. The minimum absolute atomic E-state index is 0.0659. The molecule has 1 aliphatic heterocycles. The molecule has 2 unspecified atom stereocenters. The predicted octanol–water partition coefficient (Wildman–Crippen LogP) is 1.60. The summed E-state index contributed by atoms with van der Waals surface area (Å²) in [5, 5.41) is 0. The van der Waals surface area contributed by atoms with Crippen LogP contribution in [-0.4, -0.2) is 49.1 Å². The van der Waals surface area contributed by atoms with Crippen LogP contribution in [0.4, 0.5) is 8.78 Å². The Kier molecular flexibility index (Phi) is 4.50. The fraction of sp³-hybridized carbons (Fsp3) is 0.571. The van der Waals surface area contributed by atoms with E-state index in [2.05, 4.69) is 16.8 Å². The molecule has 1 heterocycles. The molecule has 0 amide bonds. The van der Waals surface area contributed by atoms with Gasteiger partial charge in [-0.15, -0.1) is 0 Å². The van der Waals surface area contributed by atoms with Crippen LogP contribution in [-0.2, 0) is 0 Å². The number of nitrogens with two attached hydrogens (primary N) is 1. The van der Waals surface area contributed by atoms with Crippen LogP contribution in [0, 0.1) is 11.6 Å². The maximum Gasteiger partial charge on any atom is 0.159 e. The highest BCUT2D eigenvalue weighted by Crippen LogP contribution is 2.26. The second kappa shape index (κ2) is 5.94. The summed E-state index contributed by atoms with van der Waals surface area (Å²) >= 11 is 0. The molecule has 2 atom stereocenters. The first-order valence-electron chi connectivity index (χ1n) is 6.62. The Morgan fingerprint density at radius 3 is 2.26 bits per heavy atom. The minimum atomic E-state index is -0.814. The molecular weight excluding hydrogens is 248 g/mol. The molecule has 5 heteroatoms. The molecule has 3 nitrogen and oxygen atoms in total. The van der Waals surface area contributed by atoms with Crippen molar-refractivity contribution in [3.63, 3.8) is 0 Å². The van der Waals surface area contributed by atoms with Crippen molar-refractivity contribution in [2.75, 3.05) is 33.2 Å². The molecule has 1 saturated heterocycles. The molecule has 0 aromatic heterocycles. The molecular formula is C14H21F2N3. The Morgan fingerprint density at radius 2 is 1.74 bits per heavy atom. The first-order chi connectivity index (χ1) is 8.99. The van der Waals surface area contributed by atoms with Gasteiger partial charge < -0.3 is 10.6 Å². The van der Waals surface area contributed by atoms with E-state index in [1.165, 1.54) is 12.1 Å². The number of rotatable bonds is 3. The average molecular weight is 269 g/mol. The third-order valence-electron chi connectivity index (χ3n) is 3.71. The summed E-state index contributed by atoms with van der Waals surface area (Å²) in [5.41, 5.74) is 6.80. The van der Waals surface area contributed by atoms with Gasteiger partial charge in [0.2, 0.25) is 0 Å². The lowest BCUT2D eigenvalue weighted by Crippen LogP contribution is -2.49. The number of nitrogens with zero attached hydrogens (tertiary/aromatic N) is 2. The van der Waals surface area contributed by atoms with Gasteiger partial charge in [-0.1, -0.05) is 6.07 Å². The van der Waals surface area contributed by atoms with Crippen LogP contribution in [0.1, 0.15) is 18.5 Å². The van der Waals surface area contributed by atoms with Gasteiger partial charge in [-0.3, -0.25) is 4.90 Å². The van der Waals surface area contributed by atoms with Crippen molar-refractivity contribution in [2.24, 2.45) is 5.73 Å². The highest BCUT2D eigenvalue weighted by atomic mass is 19.2. The smallest absolute Gasteiger partial charge is 0.159 e. The molecule has 106 valence electrons. The predicted molar refractivity (Wildman–Crippen MR) is 71.8 cm³/mol. The summed E-state index contributed by atoms with van der Waals surface area (Å²) < 4.78 is 26.4. The highest BCUT2D eigenvalue weighted by molar-refractivity contribution is 5.23. The van der Waals surface area contributed by atoms with E-state index in [9.17, 15) is 8.78 Å². The molecule has 19 heavy (non-hydrogen) atoms. The zero-order valence-corrected chi connectivity index (χ0v) is 11.4. The van der Waals surface area contributed by atoms with E-state index in [4.69, 9.17) is 5.73 Å². The Balaban J connectivity index is 2.22. The number of piperazine rings is 1. The number of benzene rings is 1. The lowest BCUT2D eigenvalue weighted by molar-refractivity contribution is 0.100. The van der Waals surface area contributed by atoms with Crippen molar-refractivity contribution in [3.8, 4) is 0 Å². The molecule has 0 bridgehead atoms. The molecule has 0 radical (unpaired) electrons. The van der Waals surface area contributed by atoms with Crippen LogP contribution >= 0.6 is 0 Å². The van der Waals surface area contributed by atoms with Crippen LogP contribution in [0.15, 0.2) is 18.2 Å². The Bertz CT molecular complexity index is 429. The number of hydrogen-bond donors (Lipinski definition) is 1. The van der Waals surface area contributed by atoms with E-state index in [1.807, 2.05) is 6.92 Å². The second-order valence-electron chi connectivity index (χ2n) is 5.32. The second-order valence-corrected chi connectivity index (χ2v) is 5.32. The zero-order valence-electron chi connectivity index (χ0n) is 11.4. The quantitative estimate of drug-likeness (QED) is 0.904. The van der Waals surface area contributed by atoms with E-state index in [0.717, 1.165) is 31.7 Å². The molecule has 1 aliphatic rings. The van der Waals surface area contributed by atoms with Crippen LogP contribution in [0.5, 0.6) is 0 Å². The fourth-order valence-corrected chi connectivity index (χ4v) is 2.64. The van der Waals surface area contributed by atoms with Crippen LogP contribution in [0.2, 0.25) is 0 Å². The molecule has 2 N–H and O–H groups in total. The van der Waals surface area contributed by atoms with Gasteiger partial charge >= 0.3 is 0 Å². The fourth-order valence-electron chi connectivity index (χ4n) is 2.64. The maximum absolute atomic E-state index is 13.4. The molecule has 0 aliphatic carbocycles. The summed E-state index contributed by atoms with van der Waals surface area (Å²) in [4.78, 5) is 4.50. The van der Waals surface area contributed by atoms with Crippen molar-refractivity contribution in [1.29, 1.82) is 0 Å². The van der Waals surface area contributed by atoms with Crippen LogP contribution in [0.3, 0.4) is 0 Å². The monoisotopic (exact) mass is 269 g/mol. The Hall–Kier alpha value is -1.04. The third-order valence-corrected chi connectivity index (χ3v) is 3.71. The van der Waals surface area contributed by atoms with Crippen molar-refractivity contribution >= 4 is 0 Å². The van der Waals surface area contributed by atoms with Crippen LogP contribution in [0.25, 0.3) is 0 Å². The number of hydrogen-bond acceptors (Lipinski definition) is 3. The van der Waals surface area contributed by atoms with E-state index < -0.39 is 11.6 Å². The van der Waals surface area contributed by atoms with Gasteiger partial charge in [0.05, 0.1) is 0 Å². The third kappa shape index (κ3) is 3.29. The summed E-state index contributed by atoms with van der Waals surface area (Å²) in [5.74, 6) is -1.62. The summed E-state index contributed by atoms with van der Waals surface area (Å²) in [6, 6.07) is 3.87. The zero-order chi connectivity index (χ0) is 14.0. The van der Waals surface area contributed by atoms with Crippen molar-refractivity contribution < 1.29 is 8.78 Å². The van der Waals surface area contributed by atoms with Gasteiger partial charge in [0.1, 0.15) is 0 Å². The van der Waals surface area contributed by atoms with Gasteiger partial charge in [-0.25, -0.2) is 8.78 Å². The van der Waals surface area contributed by atoms with Crippen molar-refractivity contribution in [2.45, 2.75) is 19.0 Å². The standard InChI is InChI=1S/C14H21F2N3/c1-10(17)14(19-7-5-18(2)6-8-19)11-3-4-12(15)13(16)9-11/h3-4,9-10,14H,5-8,17H2,1-2H3. The average Bonchev–Trinajstić information content (AvgIpc) is 2.36. The lowest BCUT2D eigenvalue weighted by atomic mass is 9.98. The summed E-state index contributed by atoms with van der Waals surface area (Å²) in [6.07, 6.45) is 0. The first kappa shape index (κ1) is 14.4. The lowest BCUT2D eigenvalue weighted by Gasteiger charge is -2.40. The van der Waals surface area contributed by atoms with E-state index in [0.29, 0.717) is 0 Å². The number of likely N-dealkylation sites (N-methyl/N-ethyl adjacent to an activating group) is 1. The highest BCUT2D eigenvalue weighted by Gasteiger charge is 2.27. The minimum Gasteiger partial charge on any atom is -0.326 e. The van der Waals surface area contributed by atoms with Crippen molar-refractivity contribution in [1.82, 2.24) is 9.80 Å². The summed E-state index contributed by atoms with van der Waals surface area (Å²) in [7, 11) is 2.08. The SMILES string of the molecule is CC(N)C(c1ccc(F)c(F)c1)N1CCN(C)CC1. The van der Waals surface area contributed by atoms with Gasteiger partial charge in [-0.2, -0.15) is 0 Å². The number of halogens is 2.